The van der Waals surface area contributed by atoms with Gasteiger partial charge in [0.25, 0.3) is 5.91 Å². The first-order valence-electron chi connectivity index (χ1n) is 8.15. The smallest absolute Gasteiger partial charge is 0.272 e. The van der Waals surface area contributed by atoms with Crippen LogP contribution in [0.1, 0.15) is 29.8 Å². The van der Waals surface area contributed by atoms with E-state index in [9.17, 15) is 13.2 Å². The summed E-state index contributed by atoms with van der Waals surface area (Å²) in [4.78, 5) is 18.4. The van der Waals surface area contributed by atoms with E-state index in [0.29, 0.717) is 32.0 Å². The van der Waals surface area contributed by atoms with Crippen LogP contribution >= 0.6 is 0 Å². The van der Waals surface area contributed by atoms with E-state index in [1.807, 2.05) is 0 Å². The summed E-state index contributed by atoms with van der Waals surface area (Å²) in [6.07, 6.45) is 5.13. The molecule has 1 amide bonds. The van der Waals surface area contributed by atoms with Gasteiger partial charge < -0.3 is 9.64 Å². The van der Waals surface area contributed by atoms with Crippen molar-refractivity contribution in [2.24, 2.45) is 5.41 Å². The Labute approximate surface area is 142 Å². The van der Waals surface area contributed by atoms with E-state index >= 15 is 0 Å². The second-order valence-electron chi connectivity index (χ2n) is 6.64. The number of amides is 1. The van der Waals surface area contributed by atoms with Crippen LogP contribution in [-0.2, 0) is 14.8 Å². The van der Waals surface area contributed by atoms with Gasteiger partial charge in [-0.2, -0.15) is 0 Å². The predicted octanol–water partition coefficient (Wildman–Crippen LogP) is 0.642. The number of carbonyl (C=O) groups is 1. The molecule has 0 radical (unpaired) electrons. The van der Waals surface area contributed by atoms with Gasteiger partial charge in [0.2, 0.25) is 10.0 Å². The van der Waals surface area contributed by atoms with Gasteiger partial charge in [-0.1, -0.05) is 6.07 Å². The lowest BCUT2D eigenvalue weighted by atomic mass is 9.69. The molecule has 1 atom stereocenters. The zero-order valence-electron chi connectivity index (χ0n) is 13.8. The summed E-state index contributed by atoms with van der Waals surface area (Å²) in [5, 5.41) is 0. The minimum absolute atomic E-state index is 0.0647. The highest BCUT2D eigenvalue weighted by molar-refractivity contribution is 7.88. The van der Waals surface area contributed by atoms with E-state index in [2.05, 4.69) is 9.71 Å². The maximum Gasteiger partial charge on any atom is 0.272 e. The fourth-order valence-electron chi connectivity index (χ4n) is 3.65. The molecule has 3 heterocycles. The van der Waals surface area contributed by atoms with Gasteiger partial charge in [-0.25, -0.2) is 13.1 Å². The lowest BCUT2D eigenvalue weighted by Crippen LogP contribution is -2.57. The zero-order chi connectivity index (χ0) is 17.2. The van der Waals surface area contributed by atoms with Crippen molar-refractivity contribution in [2.75, 3.05) is 32.6 Å². The number of nitrogens with zero attached hydrogens (tertiary/aromatic N) is 2. The topological polar surface area (TPSA) is 88.6 Å². The molecule has 0 saturated carbocycles. The number of piperidine rings is 1. The first kappa shape index (κ1) is 17.3. The van der Waals surface area contributed by atoms with E-state index in [-0.39, 0.29) is 17.4 Å². The molecule has 2 aliphatic heterocycles. The van der Waals surface area contributed by atoms with Crippen LogP contribution in [0.25, 0.3) is 0 Å². The third-order valence-corrected chi connectivity index (χ3v) is 5.77. The zero-order valence-corrected chi connectivity index (χ0v) is 14.6. The molecule has 3 rings (SSSR count). The second-order valence-corrected chi connectivity index (χ2v) is 8.42. The number of sulfonamides is 1. The van der Waals surface area contributed by atoms with E-state index in [1.54, 1.807) is 29.3 Å². The molecule has 1 N–H and O–H groups in total. The van der Waals surface area contributed by atoms with E-state index in [0.717, 1.165) is 19.3 Å². The maximum absolute atomic E-state index is 12.5. The van der Waals surface area contributed by atoms with Crippen molar-refractivity contribution in [3.63, 3.8) is 0 Å². The van der Waals surface area contributed by atoms with Crippen LogP contribution < -0.4 is 4.72 Å². The molecule has 0 bridgehead atoms. The average Bonchev–Trinajstić information content (AvgIpc) is 2.57. The molecule has 1 aromatic rings. The normalized spacial score (nSPS) is 24.0. The average molecular weight is 353 g/mol. The van der Waals surface area contributed by atoms with Crippen molar-refractivity contribution in [3.8, 4) is 0 Å². The van der Waals surface area contributed by atoms with Crippen LogP contribution in [0, 0.1) is 5.41 Å². The Bertz CT molecular complexity index is 685. The summed E-state index contributed by atoms with van der Waals surface area (Å²) < 4.78 is 31.5. The Morgan fingerprint density at radius 1 is 1.33 bits per heavy atom. The summed E-state index contributed by atoms with van der Waals surface area (Å²) in [5.74, 6) is -0.0647. The number of pyridine rings is 1. The summed E-state index contributed by atoms with van der Waals surface area (Å²) in [7, 11) is -3.29. The number of ether oxygens (including phenoxy) is 1. The van der Waals surface area contributed by atoms with Gasteiger partial charge in [0.15, 0.2) is 0 Å². The SMILES string of the molecule is CS(=O)(=O)N[C@@H]1COCCC12CCN(C(=O)c1ccccn1)CC2. The molecule has 0 unspecified atom stereocenters. The van der Waals surface area contributed by atoms with Crippen LogP contribution in [0.4, 0.5) is 0 Å². The highest BCUT2D eigenvalue weighted by atomic mass is 32.2. The van der Waals surface area contributed by atoms with Gasteiger partial charge in [0.1, 0.15) is 5.69 Å². The third-order valence-electron chi connectivity index (χ3n) is 5.05. The fourth-order valence-corrected chi connectivity index (χ4v) is 4.48. The number of rotatable bonds is 3. The number of nitrogens with one attached hydrogen (secondary N) is 1. The number of hydrogen-bond donors (Lipinski definition) is 1. The lowest BCUT2D eigenvalue weighted by molar-refractivity contribution is -0.0401. The molecule has 1 aromatic heterocycles. The lowest BCUT2D eigenvalue weighted by Gasteiger charge is -2.48. The third kappa shape index (κ3) is 3.76. The van der Waals surface area contributed by atoms with Crippen molar-refractivity contribution in [3.05, 3.63) is 30.1 Å². The Hall–Kier alpha value is -1.51. The molecule has 132 valence electrons. The molecule has 2 saturated heterocycles. The Morgan fingerprint density at radius 2 is 2.08 bits per heavy atom. The number of likely N-dealkylation sites (tertiary alicyclic amines) is 1. The van der Waals surface area contributed by atoms with Crippen LogP contribution in [0.2, 0.25) is 0 Å². The fraction of sp³-hybridized carbons (Fsp3) is 0.625. The molecular formula is C16H23N3O4S. The summed E-state index contributed by atoms with van der Waals surface area (Å²) in [6, 6.07) is 5.07. The molecule has 8 heteroatoms. The van der Waals surface area contributed by atoms with Gasteiger partial charge in [-0.05, 0) is 36.8 Å². The summed E-state index contributed by atoms with van der Waals surface area (Å²) >= 11 is 0. The molecule has 2 aliphatic rings. The van der Waals surface area contributed by atoms with E-state index in [1.165, 1.54) is 6.26 Å². The minimum Gasteiger partial charge on any atom is -0.380 e. The molecule has 7 nitrogen and oxygen atoms in total. The Balaban J connectivity index is 1.69. The Morgan fingerprint density at radius 3 is 2.71 bits per heavy atom. The molecular weight excluding hydrogens is 330 g/mol. The number of carbonyl (C=O) groups excluding carboxylic acids is 1. The molecule has 0 aromatic carbocycles. The van der Waals surface area contributed by atoms with Crippen molar-refractivity contribution in [1.82, 2.24) is 14.6 Å². The van der Waals surface area contributed by atoms with E-state index < -0.39 is 10.0 Å². The van der Waals surface area contributed by atoms with Gasteiger partial charge in [-0.3, -0.25) is 9.78 Å². The largest absolute Gasteiger partial charge is 0.380 e. The predicted molar refractivity (Wildman–Crippen MR) is 89.0 cm³/mol. The van der Waals surface area contributed by atoms with Crippen LogP contribution in [-0.4, -0.2) is 62.8 Å². The standard InChI is InChI=1S/C16H23N3O4S/c1-24(21,22)18-14-12-23-11-7-16(14)5-9-19(10-6-16)15(20)13-4-2-3-8-17-13/h2-4,8,14,18H,5-7,9-12H2,1H3/t14-/m1/s1. The van der Waals surface area contributed by atoms with E-state index in [4.69, 9.17) is 4.74 Å². The molecule has 2 fully saturated rings. The summed E-state index contributed by atoms with van der Waals surface area (Å²) in [5.41, 5.74) is 0.314. The highest BCUT2D eigenvalue weighted by Gasteiger charge is 2.45. The number of aromatic nitrogens is 1. The maximum atomic E-state index is 12.5. The van der Waals surface area contributed by atoms with Gasteiger partial charge in [0.05, 0.1) is 18.9 Å². The first-order valence-corrected chi connectivity index (χ1v) is 10.0. The van der Waals surface area contributed by atoms with Gasteiger partial charge in [-0.15, -0.1) is 0 Å². The van der Waals surface area contributed by atoms with Gasteiger partial charge >= 0.3 is 0 Å². The van der Waals surface area contributed by atoms with Crippen molar-refractivity contribution >= 4 is 15.9 Å². The molecule has 1 spiro atoms. The van der Waals surface area contributed by atoms with Crippen molar-refractivity contribution < 1.29 is 17.9 Å². The van der Waals surface area contributed by atoms with Crippen LogP contribution in [0.15, 0.2) is 24.4 Å². The minimum atomic E-state index is -3.29. The number of hydrogen-bond acceptors (Lipinski definition) is 5. The molecule has 0 aliphatic carbocycles. The summed E-state index contributed by atoms with van der Waals surface area (Å²) in [6.45, 7) is 2.24. The quantitative estimate of drug-likeness (QED) is 0.862. The second kappa shape index (κ2) is 6.78. The van der Waals surface area contributed by atoms with Crippen molar-refractivity contribution in [2.45, 2.75) is 25.3 Å². The monoisotopic (exact) mass is 353 g/mol. The highest BCUT2D eigenvalue weighted by Crippen LogP contribution is 2.41. The molecule has 24 heavy (non-hydrogen) atoms. The van der Waals surface area contributed by atoms with Crippen LogP contribution in [0.3, 0.4) is 0 Å². The van der Waals surface area contributed by atoms with Crippen molar-refractivity contribution in [1.29, 1.82) is 0 Å². The van der Waals surface area contributed by atoms with Gasteiger partial charge in [0, 0.05) is 25.9 Å². The Kier molecular flexibility index (Phi) is 4.89. The van der Waals surface area contributed by atoms with Crippen LogP contribution in [0.5, 0.6) is 0 Å². The first-order chi connectivity index (χ1) is 11.4.